The van der Waals surface area contributed by atoms with E-state index in [1.165, 1.54) is 12.2 Å². The summed E-state index contributed by atoms with van der Waals surface area (Å²) >= 11 is 21.2. The van der Waals surface area contributed by atoms with Gasteiger partial charge in [-0.2, -0.15) is 30.2 Å². The molecule has 3 saturated heterocycles. The number of piperazine rings is 3. The zero-order chi connectivity index (χ0) is 83.4. The first-order valence-electron chi connectivity index (χ1n) is 40.1. The number of H-pyrrole nitrogens is 3. The molecule has 18 rings (SSSR count). The molecule has 23 nitrogen and oxygen atoms in total. The van der Waals surface area contributed by atoms with Crippen LogP contribution in [0.5, 0.6) is 0 Å². The predicted molar refractivity (Wildman–Crippen MR) is 482 cm³/mol. The number of fused-ring (bicyclic) bond motifs is 6. The number of rotatable bonds is 14. The second-order valence-electron chi connectivity index (χ2n) is 31.4. The van der Waals surface area contributed by atoms with Gasteiger partial charge in [0.25, 0.3) is 0 Å². The summed E-state index contributed by atoms with van der Waals surface area (Å²) in [6, 6.07) is 48.0. The van der Waals surface area contributed by atoms with E-state index in [1.54, 1.807) is 35.9 Å². The summed E-state index contributed by atoms with van der Waals surface area (Å²) in [7, 11) is 0. The van der Waals surface area contributed by atoms with Crippen LogP contribution in [0.15, 0.2) is 204 Å². The number of anilines is 3. The number of carbonyl (C=O) groups is 2. The highest BCUT2D eigenvalue weighted by Gasteiger charge is 2.31. The van der Waals surface area contributed by atoms with Crippen LogP contribution in [0.4, 0.5) is 17.5 Å². The number of amides is 2. The molecule has 0 radical (unpaired) electrons. The molecule has 26 heteroatoms. The fourth-order valence-corrected chi connectivity index (χ4v) is 17.9. The molecule has 0 bridgehead atoms. The standard InChI is InChI=1S/2C32H31ClN6O2.C29H29ClN6O/c2*1-5-29(40)37-12-14-38(15-13-37)31-23-16-25(33)22(30-20(4)10-11-26-24(30)18-34-36-26)17-28(23)39(32(41)35-31)27-9-7-6-8-21(27)19(2)3;1-17(2)19-6-4-5-7-25(19)36-26-15-20(27-18(3)8-9-24-22(27)16-32-34-24)23(30)14-21(26)28(33-29(36)37)35-12-10-31-11-13-35/h2*5-11,16-19H,1,12-15H2,2-4H3,(H,34,36);4-9,14-17,31H,10-13H2,1-3H3,(H,32,34). The highest BCUT2D eigenvalue weighted by atomic mass is 35.5. The van der Waals surface area contributed by atoms with Crippen molar-refractivity contribution < 1.29 is 9.59 Å². The number of aromatic amines is 3. The number of aryl methyl sites for hydroxylation is 3. The van der Waals surface area contributed by atoms with E-state index in [-0.39, 0.29) is 46.6 Å². The number of halogens is 3. The van der Waals surface area contributed by atoms with Gasteiger partial charge in [0.1, 0.15) is 17.5 Å². The molecular formula is C93H91Cl3N18O5. The molecule has 119 heavy (non-hydrogen) atoms. The van der Waals surface area contributed by atoms with Crippen molar-refractivity contribution in [2.24, 2.45) is 0 Å². The molecule has 3 aliphatic heterocycles. The number of carbonyl (C=O) groups excluding carboxylic acids is 2. The van der Waals surface area contributed by atoms with Crippen molar-refractivity contribution in [3.63, 3.8) is 0 Å². The quantitative estimate of drug-likeness (QED) is 0.0739. The molecule has 0 unspecified atom stereocenters. The van der Waals surface area contributed by atoms with Crippen molar-refractivity contribution in [3.05, 3.63) is 269 Å². The first-order valence-corrected chi connectivity index (χ1v) is 41.3. The van der Waals surface area contributed by atoms with E-state index in [1.807, 2.05) is 135 Å². The van der Waals surface area contributed by atoms with E-state index in [0.717, 1.165) is 175 Å². The van der Waals surface area contributed by atoms with Crippen molar-refractivity contribution in [2.45, 2.75) is 80.1 Å². The van der Waals surface area contributed by atoms with Gasteiger partial charge in [-0.15, -0.1) is 0 Å². The fourth-order valence-electron chi connectivity index (χ4n) is 17.1. The first kappa shape index (κ1) is 80.3. The Morgan fingerprint density at radius 1 is 0.387 bits per heavy atom. The summed E-state index contributed by atoms with van der Waals surface area (Å²) in [5, 5.41) is 32.4. The SMILES string of the molecule is C=CC(=O)N1CCN(c2nc(=O)n(-c3ccccc3C(C)C)c3cc(-c4c(C)ccc5[nH]ncc45)c(Cl)cc23)CC1.C=CC(=O)N1CCN(c2nc(=O)n(-c3ccccc3C(C)C)c3cc(-c4c(C)ccc5[nH]ncc45)c(Cl)cc23)CC1.Cc1ccc2[nH]ncc2c1-c1cc2c(cc1Cl)c(N1CCNCC1)nc(=O)n2-c1ccccc1C(C)C. The van der Waals surface area contributed by atoms with Gasteiger partial charge in [-0.05, 0) is 174 Å². The summed E-state index contributed by atoms with van der Waals surface area (Å²) in [6.07, 6.45) is 8.11. The van der Waals surface area contributed by atoms with Crippen LogP contribution in [0.3, 0.4) is 0 Å². The Bertz CT molecular complexity index is 6460. The van der Waals surface area contributed by atoms with E-state index in [4.69, 9.17) is 34.8 Å². The third-order valence-electron chi connectivity index (χ3n) is 23.1. The maximum atomic E-state index is 14.0. The van der Waals surface area contributed by atoms with Gasteiger partial charge >= 0.3 is 17.1 Å². The monoisotopic (exact) mass is 1640 g/mol. The lowest BCUT2D eigenvalue weighted by molar-refractivity contribution is -0.127. The number of nitrogens with one attached hydrogen (secondary N) is 4. The predicted octanol–water partition coefficient (Wildman–Crippen LogP) is 17.1. The third kappa shape index (κ3) is 15.1. The van der Waals surface area contributed by atoms with Crippen molar-refractivity contribution in [1.82, 2.24) is 74.4 Å². The van der Waals surface area contributed by atoms with Gasteiger partial charge in [0.2, 0.25) is 11.8 Å². The Morgan fingerprint density at radius 3 is 0.958 bits per heavy atom. The molecule has 3 fully saturated rings. The van der Waals surface area contributed by atoms with Gasteiger partial charge in [-0.25, -0.2) is 14.4 Å². The van der Waals surface area contributed by atoms with Crippen molar-refractivity contribution >= 4 is 129 Å². The number of nitrogens with zero attached hydrogens (tertiary/aromatic N) is 14. The molecule has 0 saturated carbocycles. The molecular weight excluding hydrogens is 1560 g/mol. The molecule has 0 atom stereocenters. The van der Waals surface area contributed by atoms with Gasteiger partial charge in [-0.1, -0.05) is 162 Å². The van der Waals surface area contributed by atoms with E-state index in [2.05, 4.69) is 158 Å². The lowest BCUT2D eigenvalue weighted by atomic mass is 9.95. The summed E-state index contributed by atoms with van der Waals surface area (Å²) < 4.78 is 5.16. The van der Waals surface area contributed by atoms with Crippen LogP contribution >= 0.6 is 34.8 Å². The molecule has 604 valence electrons. The smallest absolute Gasteiger partial charge is 0.353 e. The number of benzene rings is 9. The summed E-state index contributed by atoms with van der Waals surface area (Å²) in [5.74, 6) is 2.25. The zero-order valence-corrected chi connectivity index (χ0v) is 70.1. The van der Waals surface area contributed by atoms with E-state index < -0.39 is 0 Å². The number of hydrogen-bond donors (Lipinski definition) is 4. The maximum absolute atomic E-state index is 14.0. The lowest BCUT2D eigenvalue weighted by Gasteiger charge is -2.35. The Hall–Kier alpha value is -12.5. The van der Waals surface area contributed by atoms with Crippen molar-refractivity contribution in [2.75, 3.05) is 93.2 Å². The minimum absolute atomic E-state index is 0.0975. The van der Waals surface area contributed by atoms with Crippen LogP contribution in [0.25, 0.3) is 116 Å². The van der Waals surface area contributed by atoms with Crippen LogP contribution in [-0.2, 0) is 9.59 Å². The molecule has 0 spiro atoms. The zero-order valence-electron chi connectivity index (χ0n) is 67.8. The second kappa shape index (κ2) is 33.5. The molecule has 0 aliphatic carbocycles. The molecule has 2 amide bonds. The second-order valence-corrected chi connectivity index (χ2v) is 32.6. The van der Waals surface area contributed by atoms with Crippen molar-refractivity contribution in [3.8, 4) is 50.4 Å². The minimum Gasteiger partial charge on any atom is -0.353 e. The van der Waals surface area contributed by atoms with Crippen LogP contribution < -0.4 is 37.1 Å². The third-order valence-corrected chi connectivity index (χ3v) is 24.1. The molecule has 9 heterocycles. The van der Waals surface area contributed by atoms with Gasteiger partial charge in [0.15, 0.2) is 0 Å². The van der Waals surface area contributed by atoms with Gasteiger partial charge < -0.3 is 29.8 Å². The van der Waals surface area contributed by atoms with Gasteiger partial charge in [0.05, 0.1) is 68.8 Å². The average molecular weight is 1650 g/mol. The summed E-state index contributed by atoms with van der Waals surface area (Å²) in [4.78, 5) is 89.8. The Kier molecular flexibility index (Phi) is 22.6. The summed E-state index contributed by atoms with van der Waals surface area (Å²) in [6.45, 7) is 33.6. The van der Waals surface area contributed by atoms with E-state index in [9.17, 15) is 24.0 Å². The van der Waals surface area contributed by atoms with Crippen LogP contribution in [-0.4, -0.2) is 159 Å². The number of aromatic nitrogens is 12. The van der Waals surface area contributed by atoms with Crippen molar-refractivity contribution in [1.29, 1.82) is 0 Å². The lowest BCUT2D eigenvalue weighted by Crippen LogP contribution is -2.49. The van der Waals surface area contributed by atoms with Gasteiger partial charge in [-0.3, -0.25) is 38.6 Å². The Labute approximate surface area is 702 Å². The molecule has 15 aromatic rings. The maximum Gasteiger partial charge on any atom is 0.354 e. The summed E-state index contributed by atoms with van der Waals surface area (Å²) in [5.41, 5.74) is 18.2. The minimum atomic E-state index is -0.364. The molecule has 3 aliphatic rings. The molecule has 4 N–H and O–H groups in total. The normalized spacial score (nSPS) is 14.0. The first-order chi connectivity index (χ1) is 57.5. The van der Waals surface area contributed by atoms with E-state index >= 15 is 0 Å². The molecule has 9 aromatic carbocycles. The van der Waals surface area contributed by atoms with Gasteiger partial charge in [0, 0.05) is 143 Å². The van der Waals surface area contributed by atoms with E-state index in [0.29, 0.717) is 84.9 Å². The average Bonchev–Trinajstić information content (AvgIpc) is 1.54. The van der Waals surface area contributed by atoms with Crippen LogP contribution in [0.1, 0.15) is 92.7 Å². The highest BCUT2D eigenvalue weighted by molar-refractivity contribution is 6.36. The highest BCUT2D eigenvalue weighted by Crippen LogP contribution is 2.45. The number of para-hydroxylation sites is 3. The van der Waals surface area contributed by atoms with Crippen LogP contribution in [0.2, 0.25) is 15.1 Å². The Morgan fingerprint density at radius 2 is 0.672 bits per heavy atom. The molecule has 6 aromatic heterocycles. The number of hydrogen-bond acceptors (Lipinski definition) is 15. The Balaban J connectivity index is 0.000000133. The topological polar surface area (TPSA) is 253 Å². The fraction of sp³-hybridized carbons (Fsp3) is 0.258. The van der Waals surface area contributed by atoms with Crippen LogP contribution in [0, 0.1) is 20.8 Å². The largest absolute Gasteiger partial charge is 0.354 e.